The van der Waals surface area contributed by atoms with Gasteiger partial charge in [0, 0.05) is 12.6 Å². The Bertz CT molecular complexity index is 935. The number of benzene rings is 1. The van der Waals surface area contributed by atoms with Gasteiger partial charge in [-0.15, -0.1) is 0 Å². The fraction of sp³-hybridized carbons (Fsp3) is 0.619. The highest BCUT2D eigenvalue weighted by Crippen LogP contribution is 2.23. The Morgan fingerprint density at radius 2 is 1.93 bits per heavy atom. The number of thioether (sulfide) groups is 1. The number of nitrogens with one attached hydrogen (secondary N) is 3. The molecule has 30 heavy (non-hydrogen) atoms. The van der Waals surface area contributed by atoms with Crippen molar-refractivity contribution in [1.29, 1.82) is 0 Å². The van der Waals surface area contributed by atoms with E-state index in [0.29, 0.717) is 28.5 Å². The number of nitrogens with zero attached hydrogens (tertiary/aromatic N) is 1. The van der Waals surface area contributed by atoms with E-state index in [1.807, 2.05) is 6.92 Å². The summed E-state index contributed by atoms with van der Waals surface area (Å²) in [4.78, 5) is 20.2. The normalized spacial score (nSPS) is 16.3. The molecule has 3 rings (SSSR count). The van der Waals surface area contributed by atoms with E-state index in [4.69, 9.17) is 0 Å². The maximum Gasteiger partial charge on any atom is 0.240 e. The molecule has 0 radical (unpaired) electrons. The van der Waals surface area contributed by atoms with Crippen molar-refractivity contribution in [2.24, 2.45) is 0 Å². The zero-order valence-electron chi connectivity index (χ0n) is 17.6. The molecular weight excluding hydrogens is 420 g/mol. The zero-order valence-corrected chi connectivity index (χ0v) is 19.2. The van der Waals surface area contributed by atoms with Gasteiger partial charge < -0.3 is 10.3 Å². The van der Waals surface area contributed by atoms with Crippen LogP contribution >= 0.6 is 11.8 Å². The van der Waals surface area contributed by atoms with Gasteiger partial charge >= 0.3 is 0 Å². The summed E-state index contributed by atoms with van der Waals surface area (Å²) >= 11 is 1.34. The second-order valence-electron chi connectivity index (χ2n) is 7.87. The SMILES string of the molecule is CCCCNS(=O)(=O)c1ccc2nc(SCC(=O)NC3CCCCCCC3)[nH]c2c1. The van der Waals surface area contributed by atoms with Crippen molar-refractivity contribution in [2.75, 3.05) is 12.3 Å². The van der Waals surface area contributed by atoms with Crippen LogP contribution in [0.1, 0.15) is 64.7 Å². The van der Waals surface area contributed by atoms with Crippen LogP contribution in [0.3, 0.4) is 0 Å². The molecule has 9 heteroatoms. The molecule has 1 heterocycles. The van der Waals surface area contributed by atoms with Gasteiger partial charge in [-0.1, -0.05) is 57.2 Å². The smallest absolute Gasteiger partial charge is 0.240 e. The summed E-state index contributed by atoms with van der Waals surface area (Å²) in [5, 5.41) is 3.77. The number of hydrogen-bond acceptors (Lipinski definition) is 5. The molecule has 1 saturated carbocycles. The number of fused-ring (bicyclic) bond motifs is 1. The van der Waals surface area contributed by atoms with E-state index in [1.165, 1.54) is 43.9 Å². The Balaban J connectivity index is 1.57. The number of imidazole rings is 1. The van der Waals surface area contributed by atoms with Crippen LogP contribution in [0.15, 0.2) is 28.3 Å². The lowest BCUT2D eigenvalue weighted by Crippen LogP contribution is -2.36. The molecule has 1 amide bonds. The second-order valence-corrected chi connectivity index (χ2v) is 10.6. The Morgan fingerprint density at radius 1 is 1.20 bits per heavy atom. The minimum Gasteiger partial charge on any atom is -0.353 e. The molecule has 1 aromatic carbocycles. The van der Waals surface area contributed by atoms with Crippen molar-refractivity contribution in [2.45, 2.75) is 80.8 Å². The van der Waals surface area contributed by atoms with Gasteiger partial charge in [0.05, 0.1) is 21.7 Å². The van der Waals surface area contributed by atoms with Crippen LogP contribution in [-0.4, -0.2) is 42.6 Å². The van der Waals surface area contributed by atoms with Gasteiger partial charge in [-0.2, -0.15) is 0 Å². The lowest BCUT2D eigenvalue weighted by molar-refractivity contribution is -0.119. The molecule has 0 aliphatic heterocycles. The minimum atomic E-state index is -3.53. The summed E-state index contributed by atoms with van der Waals surface area (Å²) in [5.74, 6) is 0.314. The third kappa shape index (κ3) is 6.72. The van der Waals surface area contributed by atoms with Gasteiger partial charge in [0.1, 0.15) is 0 Å². The maximum absolute atomic E-state index is 12.4. The fourth-order valence-corrected chi connectivity index (χ4v) is 5.47. The van der Waals surface area contributed by atoms with Gasteiger partial charge in [0.25, 0.3) is 0 Å². The van der Waals surface area contributed by atoms with Crippen molar-refractivity contribution in [3.05, 3.63) is 18.2 Å². The predicted molar refractivity (Wildman–Crippen MR) is 121 cm³/mol. The van der Waals surface area contributed by atoms with E-state index in [-0.39, 0.29) is 16.8 Å². The molecule has 7 nitrogen and oxygen atoms in total. The van der Waals surface area contributed by atoms with Gasteiger partial charge in [0.15, 0.2) is 5.16 Å². The number of rotatable bonds is 9. The Hall–Kier alpha value is -1.58. The molecular formula is C21H32N4O3S2. The number of carbonyl (C=O) groups is 1. The number of aromatic nitrogens is 2. The average Bonchev–Trinajstić information content (AvgIpc) is 3.11. The third-order valence-corrected chi connectivity index (χ3v) is 7.71. The maximum atomic E-state index is 12.4. The molecule has 1 aromatic heterocycles. The van der Waals surface area contributed by atoms with Crippen molar-refractivity contribution in [3.63, 3.8) is 0 Å². The van der Waals surface area contributed by atoms with Crippen molar-refractivity contribution >= 4 is 38.7 Å². The van der Waals surface area contributed by atoms with Crippen LogP contribution in [0.2, 0.25) is 0 Å². The molecule has 0 atom stereocenters. The first-order valence-electron chi connectivity index (χ1n) is 10.9. The van der Waals surface area contributed by atoms with Crippen LogP contribution in [-0.2, 0) is 14.8 Å². The van der Waals surface area contributed by atoms with Gasteiger partial charge in [-0.05, 0) is 37.5 Å². The highest BCUT2D eigenvalue weighted by atomic mass is 32.2. The van der Waals surface area contributed by atoms with Crippen molar-refractivity contribution in [1.82, 2.24) is 20.0 Å². The van der Waals surface area contributed by atoms with Crippen LogP contribution in [0.5, 0.6) is 0 Å². The topological polar surface area (TPSA) is 104 Å². The van der Waals surface area contributed by atoms with Crippen LogP contribution in [0, 0.1) is 0 Å². The Morgan fingerprint density at radius 3 is 2.67 bits per heavy atom. The van der Waals surface area contributed by atoms with Crippen LogP contribution in [0.4, 0.5) is 0 Å². The minimum absolute atomic E-state index is 0.0226. The average molecular weight is 453 g/mol. The summed E-state index contributed by atoms with van der Waals surface area (Å²) in [7, 11) is -3.53. The molecule has 1 aliphatic carbocycles. The number of amides is 1. The lowest BCUT2D eigenvalue weighted by atomic mass is 9.97. The molecule has 3 N–H and O–H groups in total. The van der Waals surface area contributed by atoms with Gasteiger partial charge in [-0.25, -0.2) is 18.1 Å². The Labute approximate surface area is 183 Å². The molecule has 0 saturated heterocycles. The van der Waals surface area contributed by atoms with E-state index >= 15 is 0 Å². The highest BCUT2D eigenvalue weighted by molar-refractivity contribution is 7.99. The molecule has 166 valence electrons. The second kappa shape index (κ2) is 11.2. The number of sulfonamides is 1. The Kier molecular flexibility index (Phi) is 8.59. The van der Waals surface area contributed by atoms with E-state index < -0.39 is 10.0 Å². The number of H-pyrrole nitrogens is 1. The third-order valence-electron chi connectivity index (χ3n) is 5.37. The van der Waals surface area contributed by atoms with Crippen LogP contribution in [0.25, 0.3) is 11.0 Å². The molecule has 1 aliphatic rings. The zero-order chi connectivity index (χ0) is 21.4. The number of aromatic amines is 1. The lowest BCUT2D eigenvalue weighted by Gasteiger charge is -2.20. The number of unbranched alkanes of at least 4 members (excludes halogenated alkanes) is 1. The van der Waals surface area contributed by atoms with Gasteiger partial charge in [-0.3, -0.25) is 4.79 Å². The largest absolute Gasteiger partial charge is 0.353 e. The summed E-state index contributed by atoms with van der Waals surface area (Å²) < 4.78 is 27.4. The van der Waals surface area contributed by atoms with Crippen molar-refractivity contribution < 1.29 is 13.2 Å². The molecule has 0 bridgehead atoms. The van der Waals surface area contributed by atoms with E-state index in [2.05, 4.69) is 20.0 Å². The van der Waals surface area contributed by atoms with Crippen LogP contribution < -0.4 is 10.0 Å². The summed E-state index contributed by atoms with van der Waals surface area (Å²) in [6.07, 6.45) is 10.0. The standard InChI is InChI=1S/C21H32N4O3S2/c1-2-3-13-22-30(27,28)17-11-12-18-19(14-17)25-21(24-18)29-15-20(26)23-16-9-7-5-4-6-8-10-16/h11-12,14,16,22H,2-10,13,15H2,1H3,(H,23,26)(H,24,25). The number of hydrogen-bond donors (Lipinski definition) is 3. The highest BCUT2D eigenvalue weighted by Gasteiger charge is 2.17. The van der Waals surface area contributed by atoms with E-state index in [1.54, 1.807) is 18.2 Å². The predicted octanol–water partition coefficient (Wildman–Crippen LogP) is 3.96. The molecule has 1 fully saturated rings. The first-order valence-corrected chi connectivity index (χ1v) is 13.4. The fourth-order valence-electron chi connectivity index (χ4n) is 3.67. The molecule has 2 aromatic rings. The van der Waals surface area contributed by atoms with E-state index in [0.717, 1.165) is 25.7 Å². The molecule has 0 unspecified atom stereocenters. The summed E-state index contributed by atoms with van der Waals surface area (Å²) in [6, 6.07) is 5.13. The van der Waals surface area contributed by atoms with Gasteiger partial charge in [0.2, 0.25) is 15.9 Å². The number of carbonyl (C=O) groups excluding carboxylic acids is 1. The van der Waals surface area contributed by atoms with Crippen molar-refractivity contribution in [3.8, 4) is 0 Å². The monoisotopic (exact) mass is 452 g/mol. The quantitative estimate of drug-likeness (QED) is 0.395. The molecule has 0 spiro atoms. The summed E-state index contributed by atoms with van der Waals surface area (Å²) in [6.45, 7) is 2.44. The first kappa shape index (κ1) is 23.1. The first-order chi connectivity index (χ1) is 14.5. The summed E-state index contributed by atoms with van der Waals surface area (Å²) in [5.41, 5.74) is 1.33. The van der Waals surface area contributed by atoms with E-state index in [9.17, 15) is 13.2 Å².